The molecule has 106 valence electrons. The Labute approximate surface area is 126 Å². The lowest BCUT2D eigenvalue weighted by atomic mass is 10.3. The highest BCUT2D eigenvalue weighted by atomic mass is 35.5. The molecule has 1 aromatic carbocycles. The molecular formula is C14H15ClN2O2S. The average molecular weight is 311 g/mol. The number of hydrogen-bond donors (Lipinski definition) is 2. The number of likely N-dealkylation sites (N-methyl/N-ethyl adjacent to an activating group) is 1. The zero-order chi connectivity index (χ0) is 14.5. The molecule has 0 radical (unpaired) electrons. The van der Waals surface area contributed by atoms with Gasteiger partial charge in [-0.2, -0.15) is 0 Å². The van der Waals surface area contributed by atoms with E-state index in [1.165, 1.54) is 23.5 Å². The summed E-state index contributed by atoms with van der Waals surface area (Å²) in [5.74, 6) is 0.0792. The van der Waals surface area contributed by atoms with Crippen LogP contribution in [-0.4, -0.2) is 29.5 Å². The second-order valence-corrected chi connectivity index (χ2v) is 6.27. The molecule has 4 nitrogen and oxygen atoms in total. The number of aromatic hydroxyl groups is 1. The molecule has 0 aliphatic carbocycles. The highest BCUT2D eigenvalue weighted by Gasteiger charge is 2.08. The summed E-state index contributed by atoms with van der Waals surface area (Å²) in [6.45, 7) is 0.969. The molecule has 6 heteroatoms. The molecule has 0 aliphatic rings. The van der Waals surface area contributed by atoms with Gasteiger partial charge in [0.2, 0.25) is 5.91 Å². The minimum atomic E-state index is -0.0964. The van der Waals surface area contributed by atoms with Crippen molar-refractivity contribution in [3.8, 4) is 5.75 Å². The van der Waals surface area contributed by atoms with Crippen LogP contribution in [0, 0.1) is 0 Å². The molecule has 0 atom stereocenters. The predicted molar refractivity (Wildman–Crippen MR) is 82.4 cm³/mol. The highest BCUT2D eigenvalue weighted by Crippen LogP contribution is 2.22. The fourth-order valence-corrected chi connectivity index (χ4v) is 2.92. The maximum atomic E-state index is 11.9. The van der Waals surface area contributed by atoms with Crippen LogP contribution in [0.4, 0.5) is 5.69 Å². The fourth-order valence-electron chi connectivity index (χ4n) is 1.75. The zero-order valence-electron chi connectivity index (χ0n) is 11.0. The second-order valence-electron chi connectivity index (χ2n) is 4.47. The number of nitrogens with one attached hydrogen (secondary N) is 1. The highest BCUT2D eigenvalue weighted by molar-refractivity contribution is 7.16. The molecule has 2 aromatic rings. The number of nitrogens with zero attached hydrogens (tertiary/aromatic N) is 1. The van der Waals surface area contributed by atoms with Gasteiger partial charge in [-0.25, -0.2) is 0 Å². The fraction of sp³-hybridized carbons (Fsp3) is 0.214. The van der Waals surface area contributed by atoms with E-state index in [9.17, 15) is 9.90 Å². The van der Waals surface area contributed by atoms with Gasteiger partial charge in [-0.05, 0) is 43.4 Å². The zero-order valence-corrected chi connectivity index (χ0v) is 12.5. The Balaban J connectivity index is 1.83. The van der Waals surface area contributed by atoms with Gasteiger partial charge in [-0.3, -0.25) is 9.69 Å². The minimum Gasteiger partial charge on any atom is -0.508 e. The quantitative estimate of drug-likeness (QED) is 0.834. The van der Waals surface area contributed by atoms with Crippen molar-refractivity contribution >= 4 is 34.5 Å². The molecule has 0 unspecified atom stereocenters. The first-order valence-electron chi connectivity index (χ1n) is 6.04. The summed E-state index contributed by atoms with van der Waals surface area (Å²) in [4.78, 5) is 14.9. The van der Waals surface area contributed by atoms with Gasteiger partial charge in [-0.1, -0.05) is 11.6 Å². The first-order valence-corrected chi connectivity index (χ1v) is 7.24. The minimum absolute atomic E-state index is 0.0964. The monoisotopic (exact) mass is 310 g/mol. The van der Waals surface area contributed by atoms with E-state index in [0.29, 0.717) is 12.2 Å². The average Bonchev–Trinajstić information content (AvgIpc) is 2.77. The largest absolute Gasteiger partial charge is 0.508 e. The number of hydrogen-bond acceptors (Lipinski definition) is 4. The summed E-state index contributed by atoms with van der Waals surface area (Å²) in [6.07, 6.45) is 0. The van der Waals surface area contributed by atoms with Crippen LogP contribution in [0.2, 0.25) is 4.34 Å². The van der Waals surface area contributed by atoms with E-state index in [2.05, 4.69) is 5.32 Å². The molecule has 0 saturated carbocycles. The number of phenols is 1. The Morgan fingerprint density at radius 2 is 2.00 bits per heavy atom. The SMILES string of the molecule is CN(CC(=O)Nc1ccc(O)cc1)Cc1ccc(Cl)s1. The van der Waals surface area contributed by atoms with E-state index >= 15 is 0 Å². The number of anilines is 1. The van der Waals surface area contributed by atoms with Crippen LogP contribution in [0.15, 0.2) is 36.4 Å². The molecule has 1 amide bonds. The van der Waals surface area contributed by atoms with Crippen molar-refractivity contribution in [2.24, 2.45) is 0 Å². The Kier molecular flexibility index (Phi) is 5.00. The molecule has 0 aliphatic heterocycles. The molecule has 0 spiro atoms. The molecule has 0 saturated heterocycles. The third-order valence-electron chi connectivity index (χ3n) is 2.62. The third kappa shape index (κ3) is 4.52. The first kappa shape index (κ1) is 14.8. The van der Waals surface area contributed by atoms with Gasteiger partial charge in [-0.15, -0.1) is 11.3 Å². The summed E-state index contributed by atoms with van der Waals surface area (Å²) in [7, 11) is 1.88. The van der Waals surface area contributed by atoms with Crippen LogP contribution >= 0.6 is 22.9 Å². The van der Waals surface area contributed by atoms with E-state index in [1.54, 1.807) is 12.1 Å². The van der Waals surface area contributed by atoms with Gasteiger partial charge >= 0.3 is 0 Å². The number of carbonyl (C=O) groups excluding carboxylic acids is 1. The molecule has 0 bridgehead atoms. The Morgan fingerprint density at radius 3 is 2.60 bits per heavy atom. The Morgan fingerprint density at radius 1 is 1.30 bits per heavy atom. The second kappa shape index (κ2) is 6.74. The number of amides is 1. The third-order valence-corrected chi connectivity index (χ3v) is 3.84. The van der Waals surface area contributed by atoms with Gasteiger partial charge in [0.15, 0.2) is 0 Å². The normalized spacial score (nSPS) is 10.8. The van der Waals surface area contributed by atoms with Crippen molar-refractivity contribution in [2.75, 3.05) is 18.9 Å². The lowest BCUT2D eigenvalue weighted by molar-refractivity contribution is -0.117. The molecule has 1 heterocycles. The van der Waals surface area contributed by atoms with Crippen LogP contribution in [0.3, 0.4) is 0 Å². The molecule has 2 rings (SSSR count). The smallest absolute Gasteiger partial charge is 0.238 e. The van der Waals surface area contributed by atoms with E-state index in [4.69, 9.17) is 11.6 Å². The van der Waals surface area contributed by atoms with Crippen molar-refractivity contribution in [1.29, 1.82) is 0 Å². The van der Waals surface area contributed by atoms with Crippen molar-refractivity contribution < 1.29 is 9.90 Å². The molecule has 0 fully saturated rings. The maximum Gasteiger partial charge on any atom is 0.238 e. The number of carbonyl (C=O) groups is 1. The van der Waals surface area contributed by atoms with Crippen LogP contribution < -0.4 is 5.32 Å². The van der Waals surface area contributed by atoms with E-state index < -0.39 is 0 Å². The molecule has 20 heavy (non-hydrogen) atoms. The Hall–Kier alpha value is -1.56. The van der Waals surface area contributed by atoms with Crippen molar-refractivity contribution in [3.63, 3.8) is 0 Å². The van der Waals surface area contributed by atoms with Crippen molar-refractivity contribution in [1.82, 2.24) is 4.90 Å². The number of benzene rings is 1. The van der Waals surface area contributed by atoms with Crippen molar-refractivity contribution in [2.45, 2.75) is 6.54 Å². The molecular weight excluding hydrogens is 296 g/mol. The summed E-state index contributed by atoms with van der Waals surface area (Å²) < 4.78 is 0.752. The van der Waals surface area contributed by atoms with Gasteiger partial charge in [0.05, 0.1) is 10.9 Å². The van der Waals surface area contributed by atoms with Crippen LogP contribution in [-0.2, 0) is 11.3 Å². The van der Waals surface area contributed by atoms with E-state index in [0.717, 1.165) is 9.21 Å². The van der Waals surface area contributed by atoms with E-state index in [-0.39, 0.29) is 18.2 Å². The number of rotatable bonds is 5. The number of phenolic OH excluding ortho intramolecular Hbond substituents is 1. The van der Waals surface area contributed by atoms with E-state index in [1.807, 2.05) is 24.1 Å². The van der Waals surface area contributed by atoms with Crippen LogP contribution in [0.1, 0.15) is 4.88 Å². The number of halogens is 1. The topological polar surface area (TPSA) is 52.6 Å². The summed E-state index contributed by atoms with van der Waals surface area (Å²) >= 11 is 7.38. The Bertz CT molecular complexity index is 583. The molecule has 1 aromatic heterocycles. The maximum absolute atomic E-state index is 11.9. The van der Waals surface area contributed by atoms with Crippen LogP contribution in [0.25, 0.3) is 0 Å². The lowest BCUT2D eigenvalue weighted by Crippen LogP contribution is -2.29. The van der Waals surface area contributed by atoms with Gasteiger partial charge in [0.1, 0.15) is 5.75 Å². The predicted octanol–water partition coefficient (Wildman–Crippen LogP) is 3.18. The lowest BCUT2D eigenvalue weighted by Gasteiger charge is -2.15. The van der Waals surface area contributed by atoms with Gasteiger partial charge in [0, 0.05) is 17.1 Å². The summed E-state index contributed by atoms with van der Waals surface area (Å²) in [6, 6.07) is 10.2. The summed E-state index contributed by atoms with van der Waals surface area (Å²) in [5.41, 5.74) is 0.667. The van der Waals surface area contributed by atoms with Gasteiger partial charge in [0.25, 0.3) is 0 Å². The van der Waals surface area contributed by atoms with Crippen molar-refractivity contribution in [3.05, 3.63) is 45.6 Å². The number of thiophene rings is 1. The standard InChI is InChI=1S/C14H15ClN2O2S/c1-17(8-12-6-7-13(15)20-12)9-14(19)16-10-2-4-11(18)5-3-10/h2-7,18H,8-9H2,1H3,(H,16,19). The van der Waals surface area contributed by atoms with Crippen LogP contribution in [0.5, 0.6) is 5.75 Å². The summed E-state index contributed by atoms with van der Waals surface area (Å²) in [5, 5.41) is 11.9. The molecule has 2 N–H and O–H groups in total. The van der Waals surface area contributed by atoms with Gasteiger partial charge < -0.3 is 10.4 Å². The first-order chi connectivity index (χ1) is 9.52.